The van der Waals surface area contributed by atoms with Crippen LogP contribution in [0.25, 0.3) is 0 Å². The molecule has 326 valence electrons. The van der Waals surface area contributed by atoms with E-state index in [0.717, 1.165) is 101 Å². The number of hydrogen-bond acceptors (Lipinski definition) is 10. The molecule has 12 nitrogen and oxygen atoms in total. The zero-order chi connectivity index (χ0) is 40.9. The number of rotatable bonds is 29. The molecule has 4 aliphatic rings. The van der Waals surface area contributed by atoms with Crippen molar-refractivity contribution in [3.05, 3.63) is 23.4 Å². The summed E-state index contributed by atoms with van der Waals surface area (Å²) in [5.74, 6) is 0.862. The van der Waals surface area contributed by atoms with E-state index in [9.17, 15) is 19.8 Å². The molecule has 1 fully saturated rings. The molecule has 1 amide bonds. The molecule has 4 heterocycles. The fraction of sp³-hybridized carbons (Fsp3) is 0.844. The van der Waals surface area contributed by atoms with Gasteiger partial charge in [-0.2, -0.15) is 4.99 Å². The first-order valence-electron chi connectivity index (χ1n) is 23.2. The molecule has 0 aromatic carbocycles. The van der Waals surface area contributed by atoms with Crippen molar-refractivity contribution in [3.8, 4) is 0 Å². The number of aliphatic hydroxyl groups is 2. The number of amides is 1. The van der Waals surface area contributed by atoms with Crippen LogP contribution < -0.4 is 21.7 Å². The Bertz CT molecular complexity index is 1290. The summed E-state index contributed by atoms with van der Waals surface area (Å²) >= 11 is 0. The van der Waals surface area contributed by atoms with Crippen molar-refractivity contribution in [2.24, 2.45) is 16.5 Å². The van der Waals surface area contributed by atoms with Crippen molar-refractivity contribution in [1.82, 2.24) is 10.2 Å². The summed E-state index contributed by atoms with van der Waals surface area (Å²) in [4.78, 5) is 34.8. The molecule has 0 saturated carbocycles. The number of nitrogens with two attached hydrogens (primary N) is 2. The molecule has 0 radical (unpaired) electrons. The van der Waals surface area contributed by atoms with Crippen molar-refractivity contribution >= 4 is 17.8 Å². The van der Waals surface area contributed by atoms with Crippen molar-refractivity contribution < 1.29 is 34.2 Å². The largest absolute Gasteiger partial charge is 0.462 e. The second kappa shape index (κ2) is 26.0. The lowest BCUT2D eigenvalue weighted by Gasteiger charge is -2.43. The number of nitrogens with one attached hydrogen (secondary N) is 2. The molecule has 0 bridgehead atoms. The number of quaternary nitrogens is 1. The first-order chi connectivity index (χ1) is 27.7. The van der Waals surface area contributed by atoms with Crippen molar-refractivity contribution in [2.45, 2.75) is 210 Å². The summed E-state index contributed by atoms with van der Waals surface area (Å²) in [6.07, 6.45) is 28.2. The molecule has 1 spiro atoms. The Morgan fingerprint density at radius 3 is 2.30 bits per heavy atom. The molecule has 0 aromatic rings. The number of esters is 1. The highest BCUT2D eigenvalue weighted by Gasteiger charge is 2.56. The SMILES string of the molecule is CCC1C=CCCC2(CC3CCC4C(C(=O)OCCCCCCCCCCCCCCCC(=O)N(CCCN)CC(O)CCN)=C(CCCC(C)O)NC(=N2)[NH+]34)O1. The minimum Gasteiger partial charge on any atom is -0.462 e. The van der Waals surface area contributed by atoms with Gasteiger partial charge in [0, 0.05) is 44.5 Å². The third kappa shape index (κ3) is 15.6. The molecule has 8 N–H and O–H groups in total. The summed E-state index contributed by atoms with van der Waals surface area (Å²) < 4.78 is 12.7. The van der Waals surface area contributed by atoms with Crippen LogP contribution in [-0.4, -0.2) is 102 Å². The number of carbonyl (C=O) groups excluding carboxylic acids is 2. The minimum absolute atomic E-state index is 0.0550. The van der Waals surface area contributed by atoms with E-state index in [1.807, 2.05) is 6.92 Å². The Morgan fingerprint density at radius 2 is 1.65 bits per heavy atom. The zero-order valence-electron chi connectivity index (χ0n) is 35.8. The van der Waals surface area contributed by atoms with Crippen LogP contribution >= 0.6 is 0 Å². The van der Waals surface area contributed by atoms with Gasteiger partial charge in [0.1, 0.15) is 11.6 Å². The van der Waals surface area contributed by atoms with Crippen LogP contribution in [0.2, 0.25) is 0 Å². The maximum absolute atomic E-state index is 13.8. The van der Waals surface area contributed by atoms with E-state index in [1.165, 1.54) is 56.3 Å². The molecule has 0 aliphatic carbocycles. The summed E-state index contributed by atoms with van der Waals surface area (Å²) in [6, 6.07) is 0.415. The molecule has 4 rings (SSSR count). The quantitative estimate of drug-likeness (QED) is 0.0333. The number of hydrogen-bond donors (Lipinski definition) is 6. The smallest absolute Gasteiger partial charge is 0.341 e. The predicted molar refractivity (Wildman–Crippen MR) is 227 cm³/mol. The van der Waals surface area contributed by atoms with Gasteiger partial charge in [-0.15, -0.1) is 0 Å². The lowest BCUT2D eigenvalue weighted by atomic mass is 9.94. The number of ether oxygens (including phenoxy) is 2. The highest BCUT2D eigenvalue weighted by atomic mass is 16.5. The van der Waals surface area contributed by atoms with Gasteiger partial charge in [0.25, 0.3) is 0 Å². The van der Waals surface area contributed by atoms with Gasteiger partial charge >= 0.3 is 11.9 Å². The predicted octanol–water partition coefficient (Wildman–Crippen LogP) is 5.30. The standard InChI is InChI=1S/C45H80N6O6/c1-3-38-22-16-17-28-45(57-38)33-36-25-26-40-42(39(23-19-21-35(2)52)48-44(49-45)51(36)40)43(55)56-32-18-14-12-10-8-6-4-5-7-9-11-13-15-24-41(54)50(31-20-29-46)34-37(53)27-30-47/h16,22,35-38,40,52-53H,3-15,17-21,23-34,46-47H2,1-2H3,(H,48,49)/p+1. The number of unbranched alkanes of at least 4 members (excludes halogenated alkanes) is 12. The van der Waals surface area contributed by atoms with E-state index in [-0.39, 0.29) is 30.1 Å². The Labute approximate surface area is 344 Å². The van der Waals surface area contributed by atoms with E-state index < -0.39 is 11.8 Å². The van der Waals surface area contributed by atoms with Gasteiger partial charge in [0.2, 0.25) is 5.91 Å². The molecule has 57 heavy (non-hydrogen) atoms. The van der Waals surface area contributed by atoms with Gasteiger partial charge in [0.15, 0.2) is 5.72 Å². The molecule has 12 heteroatoms. The van der Waals surface area contributed by atoms with Gasteiger partial charge in [0.05, 0.1) is 37.4 Å². The Balaban J connectivity index is 1.09. The van der Waals surface area contributed by atoms with Gasteiger partial charge in [-0.25, -0.2) is 4.79 Å². The van der Waals surface area contributed by atoms with Gasteiger partial charge in [-0.1, -0.05) is 89.7 Å². The zero-order valence-corrected chi connectivity index (χ0v) is 35.8. The topological polar surface area (TPSA) is 177 Å². The Hall–Kier alpha value is -2.35. The first kappa shape index (κ1) is 47.3. The molecule has 7 atom stereocenters. The third-order valence-electron chi connectivity index (χ3n) is 12.5. The highest BCUT2D eigenvalue weighted by Crippen LogP contribution is 2.37. The highest BCUT2D eigenvalue weighted by molar-refractivity contribution is 5.93. The van der Waals surface area contributed by atoms with Crippen LogP contribution in [0.5, 0.6) is 0 Å². The minimum atomic E-state index is -0.567. The van der Waals surface area contributed by atoms with Crippen molar-refractivity contribution in [2.75, 3.05) is 32.8 Å². The molecular formula is C45H81N6O6+. The van der Waals surface area contributed by atoms with E-state index in [0.29, 0.717) is 64.5 Å². The van der Waals surface area contributed by atoms with Crippen LogP contribution in [0, 0.1) is 0 Å². The van der Waals surface area contributed by atoms with E-state index >= 15 is 0 Å². The summed E-state index contributed by atoms with van der Waals surface area (Å²) in [6.45, 7) is 6.35. The number of carbonyl (C=O) groups is 2. The fourth-order valence-corrected chi connectivity index (χ4v) is 9.34. The summed E-state index contributed by atoms with van der Waals surface area (Å²) in [5, 5.41) is 23.7. The lowest BCUT2D eigenvalue weighted by molar-refractivity contribution is -0.848. The van der Waals surface area contributed by atoms with Crippen molar-refractivity contribution in [3.63, 3.8) is 0 Å². The number of guanidine groups is 1. The van der Waals surface area contributed by atoms with E-state index in [4.69, 9.17) is 25.9 Å². The normalized spacial score (nSPS) is 25.1. The Morgan fingerprint density at radius 1 is 0.965 bits per heavy atom. The van der Waals surface area contributed by atoms with Gasteiger partial charge in [-0.3, -0.25) is 15.0 Å². The maximum Gasteiger partial charge on any atom is 0.341 e. The van der Waals surface area contributed by atoms with Crippen LogP contribution in [0.1, 0.15) is 174 Å². The Kier molecular flexibility index (Phi) is 21.6. The van der Waals surface area contributed by atoms with Crippen LogP contribution in [0.15, 0.2) is 28.4 Å². The fourth-order valence-electron chi connectivity index (χ4n) is 9.34. The number of allylic oxidation sites excluding steroid dienone is 2. The maximum atomic E-state index is 13.8. The number of aliphatic hydroxyl groups excluding tert-OH is 2. The monoisotopic (exact) mass is 802 g/mol. The molecule has 0 aromatic heterocycles. The second-order valence-corrected chi connectivity index (χ2v) is 17.4. The second-order valence-electron chi connectivity index (χ2n) is 17.4. The summed E-state index contributed by atoms with van der Waals surface area (Å²) in [7, 11) is 0. The average molecular weight is 802 g/mol. The van der Waals surface area contributed by atoms with Crippen molar-refractivity contribution in [1.29, 1.82) is 0 Å². The third-order valence-corrected chi connectivity index (χ3v) is 12.5. The van der Waals surface area contributed by atoms with Crippen LogP contribution in [0.3, 0.4) is 0 Å². The lowest BCUT2D eigenvalue weighted by Crippen LogP contribution is -3.23. The van der Waals surface area contributed by atoms with E-state index in [1.54, 1.807) is 4.90 Å². The molecule has 7 unspecified atom stereocenters. The van der Waals surface area contributed by atoms with E-state index in [2.05, 4.69) is 24.4 Å². The van der Waals surface area contributed by atoms with Crippen LogP contribution in [0.4, 0.5) is 0 Å². The number of aliphatic imine (C=N–C) groups is 1. The van der Waals surface area contributed by atoms with Crippen LogP contribution in [-0.2, 0) is 19.1 Å². The number of nitrogens with zero attached hydrogens (tertiary/aromatic N) is 2. The molecule has 1 saturated heterocycles. The summed E-state index contributed by atoms with van der Waals surface area (Å²) in [5.41, 5.74) is 12.4. The van der Waals surface area contributed by atoms with Gasteiger partial charge < -0.3 is 36.1 Å². The first-order valence-corrected chi connectivity index (χ1v) is 23.2. The molecular weight excluding hydrogens is 721 g/mol. The molecule has 4 aliphatic heterocycles. The average Bonchev–Trinajstić information content (AvgIpc) is 3.50. The van der Waals surface area contributed by atoms with Gasteiger partial charge in [-0.05, 0) is 77.8 Å².